The molecule has 1 fully saturated rings. The number of alkyl halides is 4. The summed E-state index contributed by atoms with van der Waals surface area (Å²) in [6.07, 6.45) is 0.0295. The van der Waals surface area contributed by atoms with E-state index in [0.717, 1.165) is 6.92 Å². The predicted molar refractivity (Wildman–Crippen MR) is 99.3 cm³/mol. The Balaban J connectivity index is 1.96. The summed E-state index contributed by atoms with van der Waals surface area (Å²) in [5.41, 5.74) is 0.893. The molecule has 156 valence electrons. The number of halogens is 4. The van der Waals surface area contributed by atoms with E-state index in [1.165, 1.54) is 29.7 Å². The number of hydrogen-bond donors (Lipinski definition) is 1. The topological polar surface area (TPSA) is 64.0 Å². The summed E-state index contributed by atoms with van der Waals surface area (Å²) in [7, 11) is -3.51. The molecule has 0 atom stereocenters. The average molecular weight is 421 g/mol. The zero-order valence-corrected chi connectivity index (χ0v) is 16.5. The average Bonchev–Trinajstić information content (AvgIpc) is 2.94. The molecule has 1 aromatic carbocycles. The van der Waals surface area contributed by atoms with Crippen LogP contribution >= 0.6 is 0 Å². The van der Waals surface area contributed by atoms with Crippen molar-refractivity contribution >= 4 is 26.7 Å². The van der Waals surface area contributed by atoms with Crippen molar-refractivity contribution in [1.29, 1.82) is 0 Å². The summed E-state index contributed by atoms with van der Waals surface area (Å²) < 4.78 is 82.3. The van der Waals surface area contributed by atoms with Crippen molar-refractivity contribution in [2.45, 2.75) is 57.9 Å². The Morgan fingerprint density at radius 3 is 2.50 bits per heavy atom. The number of fused-ring (bicyclic) bond motifs is 1. The van der Waals surface area contributed by atoms with E-state index in [4.69, 9.17) is 0 Å². The van der Waals surface area contributed by atoms with Crippen LogP contribution < -0.4 is 4.72 Å². The standard InChI is InChI=1S/C18H23F4N3O2S/c1-3-28(26,27)24-13-4-5-15-14(10-13)23-16(17(2,19)20)25(15)11-12-6-8-18(21,22)9-7-12/h4-5,10,12,24H,3,6-9,11H2,1-2H3. The highest BCUT2D eigenvalue weighted by Gasteiger charge is 2.37. The summed E-state index contributed by atoms with van der Waals surface area (Å²) in [4.78, 5) is 4.02. The van der Waals surface area contributed by atoms with Gasteiger partial charge >= 0.3 is 5.92 Å². The molecule has 1 aliphatic carbocycles. The third-order valence-corrected chi connectivity index (χ3v) is 6.38. The summed E-state index contributed by atoms with van der Waals surface area (Å²) >= 11 is 0. The SMILES string of the molecule is CCS(=O)(=O)Nc1ccc2c(c1)nc(C(C)(F)F)n2CC1CCC(F)(F)CC1. The first kappa shape index (κ1) is 20.9. The van der Waals surface area contributed by atoms with E-state index in [9.17, 15) is 26.0 Å². The van der Waals surface area contributed by atoms with Crippen LogP contribution in [0.25, 0.3) is 11.0 Å². The maximum Gasteiger partial charge on any atom is 0.302 e. The van der Waals surface area contributed by atoms with Crippen LogP contribution in [0.5, 0.6) is 0 Å². The molecule has 1 heterocycles. The highest BCUT2D eigenvalue weighted by Crippen LogP contribution is 2.38. The maximum atomic E-state index is 14.1. The zero-order valence-electron chi connectivity index (χ0n) is 15.7. The number of nitrogens with one attached hydrogen (secondary N) is 1. The normalized spacial score (nSPS) is 18.5. The quantitative estimate of drug-likeness (QED) is 0.686. The van der Waals surface area contributed by atoms with Gasteiger partial charge in [-0.2, -0.15) is 8.78 Å². The number of nitrogens with zero attached hydrogens (tertiary/aromatic N) is 2. The molecule has 0 unspecified atom stereocenters. The Kier molecular flexibility index (Phi) is 5.37. The van der Waals surface area contributed by atoms with E-state index in [1.54, 1.807) is 0 Å². The molecule has 5 nitrogen and oxygen atoms in total. The number of rotatable bonds is 6. The second-order valence-corrected chi connectivity index (χ2v) is 9.45. The minimum Gasteiger partial charge on any atom is -0.323 e. The van der Waals surface area contributed by atoms with Crippen molar-refractivity contribution in [3.8, 4) is 0 Å². The summed E-state index contributed by atoms with van der Waals surface area (Å²) in [6.45, 7) is 2.39. The minimum atomic E-state index is -3.51. The van der Waals surface area contributed by atoms with E-state index in [-0.39, 0.29) is 55.1 Å². The number of imidazole rings is 1. The summed E-state index contributed by atoms with van der Waals surface area (Å²) in [5.74, 6) is -6.62. The van der Waals surface area contributed by atoms with Gasteiger partial charge in [0, 0.05) is 26.3 Å². The van der Waals surface area contributed by atoms with Gasteiger partial charge in [0.1, 0.15) is 0 Å². The maximum absolute atomic E-state index is 14.1. The fourth-order valence-electron chi connectivity index (χ4n) is 3.51. The van der Waals surface area contributed by atoms with E-state index in [0.29, 0.717) is 5.52 Å². The number of anilines is 1. The molecule has 0 saturated heterocycles. The van der Waals surface area contributed by atoms with Crippen molar-refractivity contribution in [3.63, 3.8) is 0 Å². The molecule has 0 amide bonds. The highest BCUT2D eigenvalue weighted by molar-refractivity contribution is 7.92. The highest BCUT2D eigenvalue weighted by atomic mass is 32.2. The summed E-state index contributed by atoms with van der Waals surface area (Å²) in [6, 6.07) is 4.42. The first-order valence-corrected chi connectivity index (χ1v) is 10.8. The van der Waals surface area contributed by atoms with Gasteiger partial charge in [-0.25, -0.2) is 22.2 Å². The molecule has 1 saturated carbocycles. The molecule has 1 aromatic heterocycles. The van der Waals surface area contributed by atoms with E-state index < -0.39 is 27.7 Å². The van der Waals surface area contributed by atoms with Gasteiger partial charge < -0.3 is 4.57 Å². The van der Waals surface area contributed by atoms with Crippen molar-refractivity contribution in [2.24, 2.45) is 5.92 Å². The van der Waals surface area contributed by atoms with E-state index in [1.807, 2.05) is 0 Å². The lowest BCUT2D eigenvalue weighted by Gasteiger charge is -2.29. The molecular weight excluding hydrogens is 398 g/mol. The fourth-order valence-corrected chi connectivity index (χ4v) is 4.14. The molecule has 0 radical (unpaired) electrons. The number of benzene rings is 1. The van der Waals surface area contributed by atoms with Crippen LogP contribution in [0, 0.1) is 5.92 Å². The van der Waals surface area contributed by atoms with Gasteiger partial charge in [-0.1, -0.05) is 0 Å². The summed E-state index contributed by atoms with van der Waals surface area (Å²) in [5, 5.41) is 0. The molecule has 1 N–H and O–H groups in total. The Hall–Kier alpha value is -1.84. The van der Waals surface area contributed by atoms with Gasteiger partial charge in [0.25, 0.3) is 0 Å². The van der Waals surface area contributed by atoms with Crippen LogP contribution in [-0.4, -0.2) is 29.6 Å². The number of aromatic nitrogens is 2. The lowest BCUT2D eigenvalue weighted by atomic mass is 9.86. The molecule has 10 heteroatoms. The Morgan fingerprint density at radius 2 is 1.93 bits per heavy atom. The largest absolute Gasteiger partial charge is 0.323 e. The zero-order chi connectivity index (χ0) is 20.7. The van der Waals surface area contributed by atoms with Crippen LogP contribution in [0.3, 0.4) is 0 Å². The Bertz CT molecular complexity index is 957. The molecule has 1 aliphatic rings. The first-order valence-electron chi connectivity index (χ1n) is 9.17. The Labute approximate surface area is 161 Å². The second kappa shape index (κ2) is 7.20. The van der Waals surface area contributed by atoms with Gasteiger partial charge in [-0.05, 0) is 43.9 Å². The third kappa shape index (κ3) is 4.59. The van der Waals surface area contributed by atoms with Crippen molar-refractivity contribution < 1.29 is 26.0 Å². The monoisotopic (exact) mass is 421 g/mol. The number of sulfonamides is 1. The van der Waals surface area contributed by atoms with E-state index >= 15 is 0 Å². The van der Waals surface area contributed by atoms with Crippen molar-refractivity contribution in [3.05, 3.63) is 24.0 Å². The second-order valence-electron chi connectivity index (χ2n) is 7.44. The smallest absolute Gasteiger partial charge is 0.302 e. The predicted octanol–water partition coefficient (Wildman–Crippen LogP) is 4.74. The Morgan fingerprint density at radius 1 is 1.29 bits per heavy atom. The molecule has 3 rings (SSSR count). The van der Waals surface area contributed by atoms with Crippen molar-refractivity contribution in [1.82, 2.24) is 9.55 Å². The molecule has 2 aromatic rings. The number of hydrogen-bond acceptors (Lipinski definition) is 3. The van der Waals surface area contributed by atoms with Gasteiger partial charge in [0.2, 0.25) is 15.9 Å². The van der Waals surface area contributed by atoms with E-state index in [2.05, 4.69) is 9.71 Å². The van der Waals surface area contributed by atoms with Gasteiger partial charge in [-0.15, -0.1) is 0 Å². The fraction of sp³-hybridized carbons (Fsp3) is 0.611. The molecule has 0 spiro atoms. The van der Waals surface area contributed by atoms with Crippen LogP contribution in [0.1, 0.15) is 45.4 Å². The molecule has 0 aliphatic heterocycles. The molecular formula is C18H23F4N3O2S. The van der Waals surface area contributed by atoms with Gasteiger partial charge in [0.05, 0.1) is 22.5 Å². The third-order valence-electron chi connectivity index (χ3n) is 5.07. The van der Waals surface area contributed by atoms with Crippen LogP contribution in [0.2, 0.25) is 0 Å². The minimum absolute atomic E-state index is 0.121. The van der Waals surface area contributed by atoms with Crippen LogP contribution in [0.15, 0.2) is 18.2 Å². The van der Waals surface area contributed by atoms with Crippen LogP contribution in [-0.2, 0) is 22.5 Å². The molecule has 0 bridgehead atoms. The lowest BCUT2D eigenvalue weighted by molar-refractivity contribution is -0.0483. The molecule has 28 heavy (non-hydrogen) atoms. The van der Waals surface area contributed by atoms with Gasteiger partial charge in [-0.3, -0.25) is 4.72 Å². The van der Waals surface area contributed by atoms with Gasteiger partial charge in [0.15, 0.2) is 5.82 Å². The van der Waals surface area contributed by atoms with Crippen molar-refractivity contribution in [2.75, 3.05) is 10.5 Å². The lowest BCUT2D eigenvalue weighted by Crippen LogP contribution is -2.28. The van der Waals surface area contributed by atoms with Crippen LogP contribution in [0.4, 0.5) is 23.2 Å². The first-order chi connectivity index (χ1) is 12.9.